The van der Waals surface area contributed by atoms with Gasteiger partial charge in [0.05, 0.1) is 12.5 Å². The molecule has 0 bridgehead atoms. The van der Waals surface area contributed by atoms with Gasteiger partial charge in [-0.2, -0.15) is 4.98 Å². The normalized spacial score (nSPS) is 21.2. The van der Waals surface area contributed by atoms with E-state index in [4.69, 9.17) is 4.52 Å². The van der Waals surface area contributed by atoms with Crippen LogP contribution >= 0.6 is 0 Å². The van der Waals surface area contributed by atoms with Crippen LogP contribution in [-0.2, 0) is 22.4 Å². The lowest BCUT2D eigenvalue weighted by Crippen LogP contribution is -2.41. The zero-order chi connectivity index (χ0) is 17.5. The maximum Gasteiger partial charge on any atom is 0.237 e. The predicted octanol–water partition coefficient (Wildman–Crippen LogP) is 0.472. The van der Waals surface area contributed by atoms with Gasteiger partial charge in [0, 0.05) is 19.0 Å². The fraction of sp³-hybridized carbons (Fsp3) is 0.765. The number of rotatable bonds is 7. The molecule has 25 heavy (non-hydrogen) atoms. The minimum Gasteiger partial charge on any atom is -0.354 e. The summed E-state index contributed by atoms with van der Waals surface area (Å²) in [6.45, 7) is 1.35. The second kappa shape index (κ2) is 8.94. The second-order valence-electron chi connectivity index (χ2n) is 6.87. The van der Waals surface area contributed by atoms with Crippen LogP contribution in [0.3, 0.4) is 0 Å². The minimum absolute atomic E-state index is 0.0177. The molecule has 1 aliphatic carbocycles. The summed E-state index contributed by atoms with van der Waals surface area (Å²) in [6, 6.07) is 0.203. The summed E-state index contributed by atoms with van der Waals surface area (Å²) >= 11 is 0. The molecule has 0 spiro atoms. The van der Waals surface area contributed by atoms with E-state index in [2.05, 4.69) is 26.1 Å². The van der Waals surface area contributed by atoms with Gasteiger partial charge in [0.25, 0.3) is 0 Å². The molecule has 138 valence electrons. The molecule has 1 atom stereocenters. The number of hydrogen-bond donors (Lipinski definition) is 3. The van der Waals surface area contributed by atoms with Crippen LogP contribution in [0.25, 0.3) is 0 Å². The van der Waals surface area contributed by atoms with E-state index < -0.39 is 0 Å². The number of nitrogens with one attached hydrogen (secondary N) is 3. The molecule has 2 heterocycles. The number of amides is 2. The number of carbonyl (C=O) groups is 2. The van der Waals surface area contributed by atoms with Crippen LogP contribution in [-0.4, -0.2) is 47.1 Å². The molecule has 1 unspecified atom stereocenters. The molecule has 1 aromatic heterocycles. The van der Waals surface area contributed by atoms with E-state index in [1.165, 1.54) is 19.3 Å². The Morgan fingerprint density at radius 1 is 1.16 bits per heavy atom. The van der Waals surface area contributed by atoms with E-state index in [0.717, 1.165) is 32.2 Å². The summed E-state index contributed by atoms with van der Waals surface area (Å²) in [7, 11) is 0. The highest BCUT2D eigenvalue weighted by atomic mass is 16.5. The fourth-order valence-electron chi connectivity index (χ4n) is 3.46. The second-order valence-corrected chi connectivity index (χ2v) is 6.87. The van der Waals surface area contributed by atoms with E-state index in [9.17, 15) is 9.59 Å². The molecule has 1 saturated heterocycles. The monoisotopic (exact) mass is 349 g/mol. The van der Waals surface area contributed by atoms with Crippen molar-refractivity contribution in [3.8, 4) is 0 Å². The van der Waals surface area contributed by atoms with Crippen LogP contribution in [0.15, 0.2) is 4.52 Å². The SMILES string of the molecule is O=C(Cc1noc(CCNC(=O)C2CCCN2)n1)NC1CCCCC1. The Morgan fingerprint density at radius 3 is 2.76 bits per heavy atom. The lowest BCUT2D eigenvalue weighted by Gasteiger charge is -2.22. The quantitative estimate of drug-likeness (QED) is 0.660. The molecule has 2 amide bonds. The molecule has 1 aliphatic heterocycles. The maximum absolute atomic E-state index is 12.0. The highest BCUT2D eigenvalue weighted by molar-refractivity contribution is 5.82. The van der Waals surface area contributed by atoms with Gasteiger partial charge in [-0.3, -0.25) is 9.59 Å². The van der Waals surface area contributed by atoms with E-state index in [1.807, 2.05) is 0 Å². The molecule has 3 rings (SSSR count). The number of hydrogen-bond acceptors (Lipinski definition) is 6. The summed E-state index contributed by atoms with van der Waals surface area (Å²) in [5, 5.41) is 12.9. The standard InChI is InChI=1S/C17H27N5O3/c23-15(20-12-5-2-1-3-6-12)11-14-21-16(25-22-14)8-10-19-17(24)13-7-4-9-18-13/h12-13,18H,1-11H2,(H,19,24)(H,20,23). The molecule has 1 aromatic rings. The van der Waals surface area contributed by atoms with Crippen molar-refractivity contribution in [1.82, 2.24) is 26.1 Å². The van der Waals surface area contributed by atoms with Crippen molar-refractivity contribution in [2.24, 2.45) is 0 Å². The van der Waals surface area contributed by atoms with Crippen molar-refractivity contribution < 1.29 is 14.1 Å². The average Bonchev–Trinajstić information content (AvgIpc) is 3.27. The van der Waals surface area contributed by atoms with Crippen molar-refractivity contribution in [2.75, 3.05) is 13.1 Å². The molecule has 3 N–H and O–H groups in total. The first-order valence-corrected chi connectivity index (χ1v) is 9.32. The molecule has 0 radical (unpaired) electrons. The summed E-state index contributed by atoms with van der Waals surface area (Å²) in [4.78, 5) is 28.2. The molecule has 8 heteroatoms. The van der Waals surface area contributed by atoms with Gasteiger partial charge in [0.1, 0.15) is 0 Å². The van der Waals surface area contributed by atoms with Crippen molar-refractivity contribution in [2.45, 2.75) is 69.9 Å². The van der Waals surface area contributed by atoms with Gasteiger partial charge >= 0.3 is 0 Å². The Hall–Kier alpha value is -1.96. The summed E-state index contributed by atoms with van der Waals surface area (Å²) in [6.07, 6.45) is 8.25. The first-order valence-electron chi connectivity index (χ1n) is 9.32. The molecular weight excluding hydrogens is 322 g/mol. The van der Waals surface area contributed by atoms with Crippen LogP contribution in [0.4, 0.5) is 0 Å². The first-order chi connectivity index (χ1) is 12.2. The van der Waals surface area contributed by atoms with Crippen LogP contribution < -0.4 is 16.0 Å². The topological polar surface area (TPSA) is 109 Å². The Morgan fingerprint density at radius 2 is 2.00 bits per heavy atom. The third-order valence-corrected chi connectivity index (χ3v) is 4.81. The minimum atomic E-state index is -0.0817. The Labute approximate surface area is 147 Å². The van der Waals surface area contributed by atoms with Crippen molar-refractivity contribution in [3.05, 3.63) is 11.7 Å². The highest BCUT2D eigenvalue weighted by Gasteiger charge is 2.21. The highest BCUT2D eigenvalue weighted by Crippen LogP contribution is 2.17. The third kappa shape index (κ3) is 5.52. The molecule has 0 aromatic carbocycles. The summed E-state index contributed by atoms with van der Waals surface area (Å²) < 4.78 is 5.15. The molecule has 2 fully saturated rings. The maximum atomic E-state index is 12.0. The van der Waals surface area contributed by atoms with E-state index in [1.54, 1.807) is 0 Å². The van der Waals surface area contributed by atoms with E-state index in [-0.39, 0.29) is 30.3 Å². The van der Waals surface area contributed by atoms with E-state index >= 15 is 0 Å². The van der Waals surface area contributed by atoms with Gasteiger partial charge in [0.2, 0.25) is 17.7 Å². The number of aromatic nitrogens is 2. The third-order valence-electron chi connectivity index (χ3n) is 4.81. The Balaban J connectivity index is 1.36. The molecular formula is C17H27N5O3. The van der Waals surface area contributed by atoms with Gasteiger partial charge in [-0.15, -0.1) is 0 Å². The zero-order valence-electron chi connectivity index (χ0n) is 14.6. The van der Waals surface area contributed by atoms with Crippen molar-refractivity contribution in [1.29, 1.82) is 0 Å². The summed E-state index contributed by atoms with van der Waals surface area (Å²) in [5.41, 5.74) is 0. The fourth-order valence-corrected chi connectivity index (χ4v) is 3.46. The number of carbonyl (C=O) groups excluding carboxylic acids is 2. The average molecular weight is 349 g/mol. The lowest BCUT2D eigenvalue weighted by molar-refractivity contribution is -0.123. The van der Waals surface area contributed by atoms with Gasteiger partial charge in [-0.05, 0) is 32.2 Å². The Bertz CT molecular complexity index is 577. The van der Waals surface area contributed by atoms with Crippen molar-refractivity contribution in [3.63, 3.8) is 0 Å². The van der Waals surface area contributed by atoms with Crippen LogP contribution in [0.1, 0.15) is 56.7 Å². The number of nitrogens with zero attached hydrogens (tertiary/aromatic N) is 2. The Kier molecular flexibility index (Phi) is 6.38. The van der Waals surface area contributed by atoms with Gasteiger partial charge in [-0.1, -0.05) is 24.4 Å². The van der Waals surface area contributed by atoms with Crippen LogP contribution in [0, 0.1) is 0 Å². The van der Waals surface area contributed by atoms with Gasteiger partial charge in [-0.25, -0.2) is 0 Å². The molecule has 1 saturated carbocycles. The molecule has 8 nitrogen and oxygen atoms in total. The van der Waals surface area contributed by atoms with Gasteiger partial charge < -0.3 is 20.5 Å². The van der Waals surface area contributed by atoms with Gasteiger partial charge in [0.15, 0.2) is 5.82 Å². The summed E-state index contributed by atoms with van der Waals surface area (Å²) in [5.74, 6) is 0.802. The smallest absolute Gasteiger partial charge is 0.237 e. The zero-order valence-corrected chi connectivity index (χ0v) is 14.6. The van der Waals surface area contributed by atoms with Crippen LogP contribution in [0.2, 0.25) is 0 Å². The predicted molar refractivity (Wildman–Crippen MR) is 90.8 cm³/mol. The lowest BCUT2D eigenvalue weighted by atomic mass is 9.95. The van der Waals surface area contributed by atoms with Crippen LogP contribution in [0.5, 0.6) is 0 Å². The molecule has 2 aliphatic rings. The van der Waals surface area contributed by atoms with E-state index in [0.29, 0.717) is 24.7 Å². The largest absolute Gasteiger partial charge is 0.354 e. The van der Waals surface area contributed by atoms with Crippen molar-refractivity contribution >= 4 is 11.8 Å². The first kappa shape index (κ1) is 17.8.